The molecule has 2 aromatic rings. The van der Waals surface area contributed by atoms with Crippen LogP contribution in [0.4, 0.5) is 0 Å². The lowest BCUT2D eigenvalue weighted by Gasteiger charge is -1.93. The van der Waals surface area contributed by atoms with E-state index in [-0.39, 0.29) is 0 Å². The van der Waals surface area contributed by atoms with Crippen molar-refractivity contribution < 1.29 is 19.8 Å². The number of carboxylic acid groups (broad SMARTS) is 2. The molecule has 0 aliphatic rings. The Morgan fingerprint density at radius 1 is 1.29 bits per heavy atom. The molecule has 9 heteroatoms. The average molecular weight is 349 g/mol. The van der Waals surface area contributed by atoms with Gasteiger partial charge in [-0.3, -0.25) is 0 Å². The molecule has 112 valence electrons. The van der Waals surface area contributed by atoms with Crippen LogP contribution in [0.3, 0.4) is 0 Å². The van der Waals surface area contributed by atoms with Gasteiger partial charge in [0.15, 0.2) is 0 Å². The fourth-order valence-electron chi connectivity index (χ4n) is 1.22. The maximum Gasteiger partial charge on any atom is 0.328 e. The summed E-state index contributed by atoms with van der Waals surface area (Å²) < 4.78 is 1.47. The van der Waals surface area contributed by atoms with Crippen LogP contribution in [0.1, 0.15) is 11.3 Å². The summed E-state index contributed by atoms with van der Waals surface area (Å²) in [4.78, 5) is 26.0. The van der Waals surface area contributed by atoms with Crippen molar-refractivity contribution >= 4 is 46.5 Å². The van der Waals surface area contributed by atoms with E-state index in [4.69, 9.17) is 33.4 Å². The van der Waals surface area contributed by atoms with Crippen molar-refractivity contribution in [1.29, 1.82) is 0 Å². The molecule has 21 heavy (non-hydrogen) atoms. The highest BCUT2D eigenvalue weighted by molar-refractivity contribution is 7.20. The Balaban J connectivity index is 0.000000240. The molecule has 0 amide bonds. The number of nitrogens with one attached hydrogen (secondary N) is 1. The molecule has 6 nitrogen and oxygen atoms in total. The molecule has 0 bridgehead atoms. The number of halogens is 2. The summed E-state index contributed by atoms with van der Waals surface area (Å²) in [6.07, 6.45) is 5.30. The van der Waals surface area contributed by atoms with Gasteiger partial charge in [0.2, 0.25) is 0 Å². The molecule has 2 rings (SSSR count). The van der Waals surface area contributed by atoms with Gasteiger partial charge in [-0.05, 0) is 11.6 Å². The third-order valence-corrected chi connectivity index (χ3v) is 3.60. The molecule has 0 fully saturated rings. The normalized spacial score (nSPS) is 10.2. The lowest BCUT2D eigenvalue weighted by Crippen LogP contribution is -1.91. The summed E-state index contributed by atoms with van der Waals surface area (Å²) in [6, 6.07) is 1.88. The Bertz CT molecular complexity index is 622. The van der Waals surface area contributed by atoms with Gasteiger partial charge in [-0.1, -0.05) is 23.2 Å². The maximum absolute atomic E-state index is 9.55. The number of carbonyl (C=O) groups is 2. The van der Waals surface area contributed by atoms with E-state index in [1.807, 2.05) is 6.07 Å². The summed E-state index contributed by atoms with van der Waals surface area (Å²) in [5, 5.41) is 15.6. The molecule has 0 spiro atoms. The van der Waals surface area contributed by atoms with Gasteiger partial charge in [0.1, 0.15) is 0 Å². The molecule has 2 heterocycles. The highest BCUT2D eigenvalue weighted by Gasteiger charge is 2.06. The maximum atomic E-state index is 9.55. The van der Waals surface area contributed by atoms with Crippen LogP contribution in [0.5, 0.6) is 0 Å². The number of aliphatic carboxylic acids is 2. The van der Waals surface area contributed by atoms with E-state index in [2.05, 4.69) is 9.97 Å². The van der Waals surface area contributed by atoms with Gasteiger partial charge in [0, 0.05) is 30.5 Å². The van der Waals surface area contributed by atoms with Gasteiger partial charge in [-0.25, -0.2) is 14.6 Å². The zero-order chi connectivity index (χ0) is 15.8. The van der Waals surface area contributed by atoms with Crippen molar-refractivity contribution in [2.75, 3.05) is 0 Å². The van der Waals surface area contributed by atoms with Crippen molar-refractivity contribution in [2.24, 2.45) is 0 Å². The highest BCUT2D eigenvalue weighted by Crippen LogP contribution is 2.32. The van der Waals surface area contributed by atoms with Crippen LogP contribution >= 0.6 is 34.5 Å². The van der Waals surface area contributed by atoms with Crippen molar-refractivity contribution in [3.63, 3.8) is 0 Å². The van der Waals surface area contributed by atoms with Crippen LogP contribution in [0.2, 0.25) is 8.67 Å². The zero-order valence-corrected chi connectivity index (χ0v) is 12.7. The van der Waals surface area contributed by atoms with Gasteiger partial charge in [0.25, 0.3) is 0 Å². The van der Waals surface area contributed by atoms with Crippen LogP contribution in [0.25, 0.3) is 0 Å². The number of aromatic nitrogens is 2. The first-order valence-electron chi connectivity index (χ1n) is 5.43. The standard InChI is InChI=1S/C8H6Cl2N2S.C4H4O4/c9-7-2-5(8(10)13-7)1-6-3-11-4-12-6;5-3(6)1-2-4(7)8/h2-4H,1H2,(H,11,12);1-2H,(H,5,6)(H,7,8)/b;2-1-. The second-order valence-corrected chi connectivity index (χ2v) is 5.90. The molecule has 0 aliphatic carbocycles. The molecule has 2 aromatic heterocycles. The first kappa shape index (κ1) is 17.2. The van der Waals surface area contributed by atoms with E-state index in [0.717, 1.165) is 26.4 Å². The van der Waals surface area contributed by atoms with Crippen LogP contribution < -0.4 is 0 Å². The summed E-state index contributed by atoms with van der Waals surface area (Å²) >= 11 is 13.2. The van der Waals surface area contributed by atoms with E-state index in [9.17, 15) is 9.59 Å². The minimum Gasteiger partial charge on any atom is -0.478 e. The Morgan fingerprint density at radius 2 is 1.90 bits per heavy atom. The number of hydrogen-bond donors (Lipinski definition) is 3. The van der Waals surface area contributed by atoms with E-state index in [1.165, 1.54) is 11.3 Å². The van der Waals surface area contributed by atoms with Crippen LogP contribution in [0.15, 0.2) is 30.7 Å². The summed E-state index contributed by atoms with van der Waals surface area (Å²) in [7, 11) is 0. The number of thiophene rings is 1. The number of hydrogen-bond acceptors (Lipinski definition) is 4. The number of imidazole rings is 1. The minimum atomic E-state index is -1.26. The van der Waals surface area contributed by atoms with Crippen molar-refractivity contribution in [3.8, 4) is 0 Å². The predicted molar refractivity (Wildman–Crippen MR) is 80.1 cm³/mol. The first-order chi connectivity index (χ1) is 9.88. The number of H-pyrrole nitrogens is 1. The third-order valence-electron chi connectivity index (χ3n) is 2.03. The van der Waals surface area contributed by atoms with Gasteiger partial charge >= 0.3 is 11.9 Å². The van der Waals surface area contributed by atoms with Gasteiger partial charge in [-0.15, -0.1) is 11.3 Å². The second kappa shape index (κ2) is 8.46. The molecule has 3 N–H and O–H groups in total. The smallest absolute Gasteiger partial charge is 0.328 e. The molecular formula is C12H10Cl2N2O4S. The van der Waals surface area contributed by atoms with E-state index >= 15 is 0 Å². The Morgan fingerprint density at radius 3 is 2.29 bits per heavy atom. The van der Waals surface area contributed by atoms with Crippen molar-refractivity contribution in [3.05, 3.63) is 50.7 Å². The topological polar surface area (TPSA) is 103 Å². The lowest BCUT2D eigenvalue weighted by molar-refractivity contribution is -0.134. The molecule has 0 aromatic carbocycles. The molecule has 0 radical (unpaired) electrons. The van der Waals surface area contributed by atoms with Gasteiger partial charge in [-0.2, -0.15) is 0 Å². The van der Waals surface area contributed by atoms with Crippen LogP contribution in [-0.4, -0.2) is 32.1 Å². The summed E-state index contributed by atoms with van der Waals surface area (Å²) in [5.41, 5.74) is 2.08. The van der Waals surface area contributed by atoms with Gasteiger partial charge in [0.05, 0.1) is 15.0 Å². The number of aromatic amines is 1. The highest BCUT2D eigenvalue weighted by atomic mass is 35.5. The predicted octanol–water partition coefficient (Wildman–Crippen LogP) is 3.08. The first-order valence-corrected chi connectivity index (χ1v) is 7.00. The number of rotatable bonds is 4. The molecule has 0 unspecified atom stereocenters. The van der Waals surface area contributed by atoms with E-state index in [1.54, 1.807) is 12.5 Å². The van der Waals surface area contributed by atoms with E-state index in [0.29, 0.717) is 12.2 Å². The van der Waals surface area contributed by atoms with E-state index < -0.39 is 11.9 Å². The largest absolute Gasteiger partial charge is 0.478 e. The third kappa shape index (κ3) is 6.94. The SMILES string of the molecule is Clc1cc(Cc2cnc[nH]2)c(Cl)s1.O=C(O)/C=C\C(=O)O. The fraction of sp³-hybridized carbons (Fsp3) is 0.0833. The summed E-state index contributed by atoms with van der Waals surface area (Å²) in [6.45, 7) is 0. The van der Waals surface area contributed by atoms with Gasteiger partial charge < -0.3 is 15.2 Å². The molecule has 0 atom stereocenters. The second-order valence-electron chi connectivity index (χ2n) is 3.61. The minimum absolute atomic E-state index is 0.558. The fourth-order valence-corrected chi connectivity index (χ4v) is 2.71. The number of carboxylic acids is 2. The monoisotopic (exact) mass is 348 g/mol. The Labute approximate surface area is 133 Å². The zero-order valence-electron chi connectivity index (χ0n) is 10.4. The Hall–Kier alpha value is -1.83. The number of nitrogens with zero attached hydrogens (tertiary/aromatic N) is 1. The summed E-state index contributed by atoms with van der Waals surface area (Å²) in [5.74, 6) is -2.51. The molecule has 0 saturated heterocycles. The molecule has 0 saturated carbocycles. The average Bonchev–Trinajstić information content (AvgIpc) is 2.99. The molecule has 0 aliphatic heterocycles. The molecular weight excluding hydrogens is 339 g/mol. The van der Waals surface area contributed by atoms with Crippen LogP contribution in [-0.2, 0) is 16.0 Å². The Kier molecular flexibility index (Phi) is 6.93. The van der Waals surface area contributed by atoms with Crippen molar-refractivity contribution in [2.45, 2.75) is 6.42 Å². The lowest BCUT2D eigenvalue weighted by atomic mass is 10.2. The van der Waals surface area contributed by atoms with Crippen LogP contribution in [0, 0.1) is 0 Å². The quantitative estimate of drug-likeness (QED) is 0.736. The van der Waals surface area contributed by atoms with Crippen molar-refractivity contribution in [1.82, 2.24) is 9.97 Å².